The first kappa shape index (κ1) is 10.7. The van der Waals surface area contributed by atoms with E-state index in [4.69, 9.17) is 5.84 Å². The van der Waals surface area contributed by atoms with Crippen LogP contribution in [0.5, 0.6) is 0 Å². The van der Waals surface area contributed by atoms with Crippen LogP contribution in [0, 0.1) is 0 Å². The van der Waals surface area contributed by atoms with Gasteiger partial charge in [-0.1, -0.05) is 11.8 Å². The van der Waals surface area contributed by atoms with Crippen molar-refractivity contribution in [2.45, 2.75) is 5.03 Å². The molecule has 0 saturated carbocycles. The Morgan fingerprint density at radius 3 is 3.21 bits per heavy atom. The van der Waals surface area contributed by atoms with Gasteiger partial charge in [-0.3, -0.25) is 10.2 Å². The molecule has 1 heterocycles. The predicted octanol–water partition coefficient (Wildman–Crippen LogP) is 0.0273. The summed E-state index contributed by atoms with van der Waals surface area (Å²) in [5, 5.41) is 0.665. The number of aromatic nitrogens is 2. The van der Waals surface area contributed by atoms with Crippen LogP contribution >= 0.6 is 11.8 Å². The molecular formula is C7H10N4O2S. The number of ether oxygens (including phenoxy) is 1. The first-order valence-corrected chi connectivity index (χ1v) is 4.74. The van der Waals surface area contributed by atoms with Crippen molar-refractivity contribution in [2.75, 3.05) is 18.3 Å². The molecule has 1 aromatic rings. The second-order valence-corrected chi connectivity index (χ2v) is 3.22. The van der Waals surface area contributed by atoms with Crippen LogP contribution < -0.4 is 11.3 Å². The summed E-state index contributed by atoms with van der Waals surface area (Å²) in [6.45, 7) is 0. The summed E-state index contributed by atoms with van der Waals surface area (Å²) in [6.07, 6.45) is 1.56. The van der Waals surface area contributed by atoms with Gasteiger partial charge >= 0.3 is 5.97 Å². The van der Waals surface area contributed by atoms with Crippen LogP contribution in [-0.4, -0.2) is 28.8 Å². The van der Waals surface area contributed by atoms with E-state index < -0.39 is 0 Å². The quantitative estimate of drug-likeness (QED) is 0.240. The Morgan fingerprint density at radius 1 is 1.79 bits per heavy atom. The molecule has 6 nitrogen and oxygen atoms in total. The Labute approximate surface area is 85.2 Å². The van der Waals surface area contributed by atoms with Crippen LogP contribution in [0.4, 0.5) is 5.95 Å². The van der Waals surface area contributed by atoms with Crippen molar-refractivity contribution < 1.29 is 9.53 Å². The van der Waals surface area contributed by atoms with E-state index in [1.54, 1.807) is 12.3 Å². The molecule has 0 aliphatic carbocycles. The fraction of sp³-hybridized carbons (Fsp3) is 0.286. The first-order chi connectivity index (χ1) is 6.76. The zero-order chi connectivity index (χ0) is 10.4. The van der Waals surface area contributed by atoms with E-state index in [1.165, 1.54) is 18.9 Å². The second-order valence-electron chi connectivity index (χ2n) is 2.23. The van der Waals surface area contributed by atoms with Gasteiger partial charge in [0.1, 0.15) is 5.03 Å². The van der Waals surface area contributed by atoms with E-state index in [0.29, 0.717) is 11.0 Å². The lowest BCUT2D eigenvalue weighted by Gasteiger charge is -2.01. The highest BCUT2D eigenvalue weighted by Gasteiger charge is 2.03. The van der Waals surface area contributed by atoms with E-state index in [2.05, 4.69) is 20.1 Å². The molecule has 76 valence electrons. The van der Waals surface area contributed by atoms with Crippen LogP contribution in [0.3, 0.4) is 0 Å². The van der Waals surface area contributed by atoms with Crippen LogP contribution in [0.25, 0.3) is 0 Å². The summed E-state index contributed by atoms with van der Waals surface area (Å²) in [6, 6.07) is 1.69. The number of nitrogen functional groups attached to an aromatic ring is 1. The SMILES string of the molecule is COC(=O)CSc1ccnc(NN)n1. The third-order valence-electron chi connectivity index (χ3n) is 1.32. The number of hydrazine groups is 1. The molecule has 0 amide bonds. The number of nitrogens with two attached hydrogens (primary N) is 1. The number of methoxy groups -OCH3 is 1. The van der Waals surface area contributed by atoms with Gasteiger partial charge in [0, 0.05) is 6.20 Å². The summed E-state index contributed by atoms with van der Waals surface area (Å²) in [5.41, 5.74) is 2.32. The van der Waals surface area contributed by atoms with E-state index in [0.717, 1.165) is 0 Å². The maximum absolute atomic E-state index is 10.8. The van der Waals surface area contributed by atoms with Gasteiger partial charge in [-0.15, -0.1) is 0 Å². The smallest absolute Gasteiger partial charge is 0.316 e. The second kappa shape index (κ2) is 5.40. The van der Waals surface area contributed by atoms with Gasteiger partial charge in [-0.2, -0.15) is 0 Å². The van der Waals surface area contributed by atoms with Gasteiger partial charge in [0.25, 0.3) is 0 Å². The largest absolute Gasteiger partial charge is 0.468 e. The highest BCUT2D eigenvalue weighted by Crippen LogP contribution is 2.15. The minimum atomic E-state index is -0.295. The van der Waals surface area contributed by atoms with Crippen LogP contribution in [0.1, 0.15) is 0 Å². The molecular weight excluding hydrogens is 204 g/mol. The predicted molar refractivity (Wildman–Crippen MR) is 52.6 cm³/mol. The van der Waals surface area contributed by atoms with Gasteiger partial charge in [-0.25, -0.2) is 15.8 Å². The first-order valence-electron chi connectivity index (χ1n) is 3.75. The Morgan fingerprint density at radius 2 is 2.57 bits per heavy atom. The van der Waals surface area contributed by atoms with Crippen LogP contribution in [-0.2, 0) is 9.53 Å². The van der Waals surface area contributed by atoms with Gasteiger partial charge in [0.05, 0.1) is 12.9 Å². The normalized spacial score (nSPS) is 9.57. The minimum Gasteiger partial charge on any atom is -0.468 e. The number of thioether (sulfide) groups is 1. The molecule has 14 heavy (non-hydrogen) atoms. The molecule has 0 unspecified atom stereocenters. The van der Waals surface area contributed by atoms with Crippen molar-refractivity contribution in [1.82, 2.24) is 9.97 Å². The summed E-state index contributed by atoms with van der Waals surface area (Å²) >= 11 is 1.26. The maximum atomic E-state index is 10.8. The molecule has 0 fully saturated rings. The molecule has 0 saturated heterocycles. The van der Waals surface area contributed by atoms with Crippen LogP contribution in [0.15, 0.2) is 17.3 Å². The van der Waals surface area contributed by atoms with E-state index in [9.17, 15) is 4.79 Å². The molecule has 0 bridgehead atoms. The zero-order valence-electron chi connectivity index (χ0n) is 7.56. The molecule has 1 rings (SSSR count). The van der Waals surface area contributed by atoms with Gasteiger partial charge in [0.2, 0.25) is 5.95 Å². The highest BCUT2D eigenvalue weighted by molar-refractivity contribution is 7.99. The van der Waals surface area contributed by atoms with Crippen molar-refractivity contribution >= 4 is 23.7 Å². The summed E-state index contributed by atoms with van der Waals surface area (Å²) in [7, 11) is 1.34. The molecule has 0 radical (unpaired) electrons. The molecule has 0 aliphatic heterocycles. The summed E-state index contributed by atoms with van der Waals surface area (Å²) < 4.78 is 4.49. The molecule has 0 spiro atoms. The topological polar surface area (TPSA) is 90.1 Å². The van der Waals surface area contributed by atoms with Crippen molar-refractivity contribution in [3.8, 4) is 0 Å². The lowest BCUT2D eigenvalue weighted by Crippen LogP contribution is -2.10. The molecule has 0 atom stereocenters. The van der Waals surface area contributed by atoms with Crippen molar-refractivity contribution in [2.24, 2.45) is 5.84 Å². The third-order valence-corrected chi connectivity index (χ3v) is 2.23. The van der Waals surface area contributed by atoms with E-state index in [-0.39, 0.29) is 11.7 Å². The van der Waals surface area contributed by atoms with Gasteiger partial charge in [-0.05, 0) is 6.07 Å². The number of nitrogens with zero attached hydrogens (tertiary/aromatic N) is 2. The average Bonchev–Trinajstić information content (AvgIpc) is 2.26. The number of hydrogen-bond acceptors (Lipinski definition) is 7. The minimum absolute atomic E-state index is 0.220. The van der Waals surface area contributed by atoms with Gasteiger partial charge in [0.15, 0.2) is 0 Å². The number of carbonyl (C=O) groups is 1. The molecule has 0 aliphatic rings. The standard InChI is InChI=1S/C7H10N4O2S/c1-13-6(12)4-14-5-2-3-9-7(10-5)11-8/h2-3H,4,8H2,1H3,(H,9,10,11). The molecule has 1 aromatic heterocycles. The molecule has 3 N–H and O–H groups in total. The fourth-order valence-corrected chi connectivity index (χ4v) is 1.38. The fourth-order valence-electron chi connectivity index (χ4n) is 0.684. The number of carbonyl (C=O) groups excluding carboxylic acids is 1. The number of nitrogens with one attached hydrogen (secondary N) is 1. The summed E-state index contributed by atoms with van der Waals surface area (Å²) in [4.78, 5) is 18.6. The Bertz CT molecular complexity index is 320. The average molecular weight is 214 g/mol. The zero-order valence-corrected chi connectivity index (χ0v) is 8.37. The lowest BCUT2D eigenvalue weighted by molar-refractivity contribution is -0.137. The van der Waals surface area contributed by atoms with Gasteiger partial charge < -0.3 is 4.74 Å². The van der Waals surface area contributed by atoms with E-state index in [1.807, 2.05) is 0 Å². The number of anilines is 1. The monoisotopic (exact) mass is 214 g/mol. The van der Waals surface area contributed by atoms with Crippen LogP contribution in [0.2, 0.25) is 0 Å². The van der Waals surface area contributed by atoms with E-state index >= 15 is 0 Å². The van der Waals surface area contributed by atoms with Crippen molar-refractivity contribution in [1.29, 1.82) is 0 Å². The number of rotatable bonds is 4. The summed E-state index contributed by atoms with van der Waals surface area (Å²) in [5.74, 6) is 5.37. The lowest BCUT2D eigenvalue weighted by atomic mass is 10.7. The van der Waals surface area contributed by atoms with Crippen molar-refractivity contribution in [3.63, 3.8) is 0 Å². The Balaban J connectivity index is 2.54. The molecule has 7 heteroatoms. The molecule has 0 aromatic carbocycles. The number of esters is 1. The maximum Gasteiger partial charge on any atom is 0.316 e. The Hall–Kier alpha value is -1.34. The Kier molecular flexibility index (Phi) is 4.14. The highest BCUT2D eigenvalue weighted by atomic mass is 32.2. The van der Waals surface area contributed by atoms with Crippen molar-refractivity contribution in [3.05, 3.63) is 12.3 Å². The third kappa shape index (κ3) is 3.19. The number of hydrogen-bond donors (Lipinski definition) is 2.